The standard InChI is InChI=1S/C18H26BrN5O2/c1-11(2)15-14(19)16(23-22-15)17(25)21-13-5-9-24(10-6-13)18(26)12-3-7-20-8-4-12/h3-4,7-8,11,13-16,22-23H,5-6,9-10H2,1-2H3,(H,21,25). The molecular weight excluding hydrogens is 398 g/mol. The number of alkyl halides is 1. The summed E-state index contributed by atoms with van der Waals surface area (Å²) in [6.07, 6.45) is 4.79. The fraction of sp³-hybridized carbons (Fsp3) is 0.611. The number of pyridine rings is 1. The molecule has 3 unspecified atom stereocenters. The summed E-state index contributed by atoms with van der Waals surface area (Å²) in [5.41, 5.74) is 6.95. The number of hydrogen-bond acceptors (Lipinski definition) is 5. The Balaban J connectivity index is 1.48. The van der Waals surface area contributed by atoms with Crippen molar-refractivity contribution in [2.75, 3.05) is 13.1 Å². The van der Waals surface area contributed by atoms with E-state index in [2.05, 4.69) is 50.9 Å². The van der Waals surface area contributed by atoms with E-state index in [9.17, 15) is 9.59 Å². The lowest BCUT2D eigenvalue weighted by molar-refractivity contribution is -0.123. The summed E-state index contributed by atoms with van der Waals surface area (Å²) in [5.74, 6) is 0.452. The number of carbonyl (C=O) groups excluding carboxylic acids is 2. The van der Waals surface area contributed by atoms with Crippen LogP contribution in [0.25, 0.3) is 0 Å². The molecule has 142 valence electrons. The number of carbonyl (C=O) groups is 2. The Hall–Kier alpha value is -1.51. The normalized spacial score (nSPS) is 26.9. The summed E-state index contributed by atoms with van der Waals surface area (Å²) < 4.78 is 0. The quantitative estimate of drug-likeness (QED) is 0.630. The highest BCUT2D eigenvalue weighted by molar-refractivity contribution is 9.09. The monoisotopic (exact) mass is 423 g/mol. The van der Waals surface area contributed by atoms with Gasteiger partial charge in [-0.3, -0.25) is 20.0 Å². The van der Waals surface area contributed by atoms with Gasteiger partial charge in [0.15, 0.2) is 0 Å². The largest absolute Gasteiger partial charge is 0.352 e. The van der Waals surface area contributed by atoms with Crippen molar-refractivity contribution in [1.82, 2.24) is 26.1 Å². The van der Waals surface area contributed by atoms with Crippen molar-refractivity contribution in [1.29, 1.82) is 0 Å². The Morgan fingerprint density at radius 1 is 1.23 bits per heavy atom. The van der Waals surface area contributed by atoms with E-state index in [1.165, 1.54) is 0 Å². The predicted molar refractivity (Wildman–Crippen MR) is 103 cm³/mol. The third-order valence-electron chi connectivity index (χ3n) is 5.12. The number of halogens is 1. The van der Waals surface area contributed by atoms with Crippen molar-refractivity contribution < 1.29 is 9.59 Å². The molecule has 2 amide bonds. The first-order chi connectivity index (χ1) is 12.5. The molecule has 0 radical (unpaired) electrons. The summed E-state index contributed by atoms with van der Waals surface area (Å²) in [6.45, 7) is 5.55. The van der Waals surface area contributed by atoms with Gasteiger partial charge >= 0.3 is 0 Å². The minimum absolute atomic E-state index is 0.00133. The van der Waals surface area contributed by atoms with Crippen LogP contribution in [0.3, 0.4) is 0 Å². The third kappa shape index (κ3) is 4.24. The van der Waals surface area contributed by atoms with Gasteiger partial charge in [-0.25, -0.2) is 5.43 Å². The van der Waals surface area contributed by atoms with Gasteiger partial charge in [0.05, 0.1) is 4.83 Å². The van der Waals surface area contributed by atoms with Crippen LogP contribution in [0.1, 0.15) is 37.0 Å². The van der Waals surface area contributed by atoms with E-state index in [0.29, 0.717) is 24.6 Å². The second-order valence-corrected chi connectivity index (χ2v) is 8.35. The zero-order chi connectivity index (χ0) is 18.7. The molecule has 2 aliphatic rings. The highest BCUT2D eigenvalue weighted by Gasteiger charge is 2.40. The summed E-state index contributed by atoms with van der Waals surface area (Å²) in [6, 6.07) is 3.49. The van der Waals surface area contributed by atoms with Crippen molar-refractivity contribution in [3.05, 3.63) is 30.1 Å². The number of piperidine rings is 1. The molecule has 2 fully saturated rings. The fourth-order valence-corrected chi connectivity index (χ4v) is 4.61. The zero-order valence-corrected chi connectivity index (χ0v) is 16.7. The van der Waals surface area contributed by atoms with Crippen molar-refractivity contribution in [2.24, 2.45) is 5.92 Å². The molecular formula is C18H26BrN5O2. The smallest absolute Gasteiger partial charge is 0.253 e. The number of amides is 2. The topological polar surface area (TPSA) is 86.4 Å². The first-order valence-electron chi connectivity index (χ1n) is 9.12. The van der Waals surface area contributed by atoms with E-state index >= 15 is 0 Å². The molecule has 3 N–H and O–H groups in total. The van der Waals surface area contributed by atoms with Crippen molar-refractivity contribution >= 4 is 27.7 Å². The fourth-order valence-electron chi connectivity index (χ4n) is 3.49. The first-order valence-corrected chi connectivity index (χ1v) is 10.0. The number of aromatic nitrogens is 1. The van der Waals surface area contributed by atoms with Gasteiger partial charge in [0.25, 0.3) is 5.91 Å². The van der Waals surface area contributed by atoms with Crippen molar-refractivity contribution in [3.63, 3.8) is 0 Å². The SMILES string of the molecule is CC(C)C1NNC(C(=O)NC2CCN(C(=O)c3ccncc3)CC2)C1Br. The van der Waals surface area contributed by atoms with Gasteiger partial charge < -0.3 is 10.2 Å². The number of hydrazine groups is 1. The van der Waals surface area contributed by atoms with Crippen molar-refractivity contribution in [2.45, 2.75) is 49.6 Å². The van der Waals surface area contributed by atoms with E-state index in [1.807, 2.05) is 4.90 Å². The zero-order valence-electron chi connectivity index (χ0n) is 15.1. The molecule has 1 aromatic heterocycles. The summed E-state index contributed by atoms with van der Waals surface area (Å²) >= 11 is 3.65. The minimum Gasteiger partial charge on any atom is -0.352 e. The Kier molecular flexibility index (Phi) is 6.26. The second kappa shape index (κ2) is 8.45. The predicted octanol–water partition coefficient (Wildman–Crippen LogP) is 1.07. The van der Waals surface area contributed by atoms with Crippen LogP contribution in [-0.4, -0.2) is 57.7 Å². The van der Waals surface area contributed by atoms with Gasteiger partial charge in [-0.05, 0) is 30.9 Å². The molecule has 1 aromatic rings. The first kappa shape index (κ1) is 19.3. The molecule has 0 aliphatic carbocycles. The van der Waals surface area contributed by atoms with Crippen LogP contribution in [0, 0.1) is 5.92 Å². The lowest BCUT2D eigenvalue weighted by Crippen LogP contribution is -2.52. The average molecular weight is 424 g/mol. The molecule has 0 bridgehead atoms. The van der Waals surface area contributed by atoms with E-state index in [4.69, 9.17) is 0 Å². The number of nitrogens with one attached hydrogen (secondary N) is 3. The van der Waals surface area contributed by atoms with Gasteiger partial charge in [0.2, 0.25) is 5.91 Å². The van der Waals surface area contributed by atoms with Crippen LogP contribution >= 0.6 is 15.9 Å². The number of nitrogens with zero attached hydrogens (tertiary/aromatic N) is 2. The van der Waals surface area contributed by atoms with Gasteiger partial charge in [0.1, 0.15) is 6.04 Å². The lowest BCUT2D eigenvalue weighted by atomic mass is 9.98. The molecule has 3 heterocycles. The van der Waals surface area contributed by atoms with Crippen LogP contribution in [-0.2, 0) is 4.79 Å². The maximum Gasteiger partial charge on any atom is 0.253 e. The highest BCUT2D eigenvalue weighted by atomic mass is 79.9. The molecule has 0 spiro atoms. The highest BCUT2D eigenvalue weighted by Crippen LogP contribution is 2.22. The Morgan fingerprint density at radius 2 is 1.88 bits per heavy atom. The number of likely N-dealkylation sites (tertiary alicyclic amines) is 1. The maximum atomic E-state index is 12.6. The number of hydrogen-bond donors (Lipinski definition) is 3. The van der Waals surface area contributed by atoms with Gasteiger partial charge in [-0.2, -0.15) is 0 Å². The van der Waals surface area contributed by atoms with Crippen LogP contribution in [0.4, 0.5) is 0 Å². The van der Waals surface area contributed by atoms with Crippen LogP contribution in [0.2, 0.25) is 0 Å². The molecule has 3 rings (SSSR count). The van der Waals surface area contributed by atoms with Gasteiger partial charge in [0, 0.05) is 43.1 Å². The molecule has 2 saturated heterocycles. The molecule has 26 heavy (non-hydrogen) atoms. The van der Waals surface area contributed by atoms with Gasteiger partial charge in [-0.1, -0.05) is 29.8 Å². The molecule has 3 atom stereocenters. The van der Waals surface area contributed by atoms with Crippen LogP contribution in [0.5, 0.6) is 0 Å². The number of rotatable bonds is 4. The Bertz CT molecular complexity index is 634. The average Bonchev–Trinajstić information content (AvgIpc) is 3.04. The molecule has 0 saturated carbocycles. The Labute approximate surface area is 162 Å². The minimum atomic E-state index is -0.293. The van der Waals surface area contributed by atoms with Crippen LogP contribution in [0.15, 0.2) is 24.5 Å². The van der Waals surface area contributed by atoms with Crippen LogP contribution < -0.4 is 16.2 Å². The summed E-state index contributed by atoms with van der Waals surface area (Å²) in [7, 11) is 0. The van der Waals surface area contributed by atoms with E-state index < -0.39 is 0 Å². The van der Waals surface area contributed by atoms with E-state index in [1.54, 1.807) is 24.5 Å². The van der Waals surface area contributed by atoms with Crippen molar-refractivity contribution in [3.8, 4) is 0 Å². The Morgan fingerprint density at radius 3 is 2.46 bits per heavy atom. The molecule has 7 nitrogen and oxygen atoms in total. The summed E-state index contributed by atoms with van der Waals surface area (Å²) in [4.78, 5) is 30.9. The third-order valence-corrected chi connectivity index (χ3v) is 6.22. The molecule has 0 aromatic carbocycles. The van der Waals surface area contributed by atoms with E-state index in [-0.39, 0.29) is 34.8 Å². The van der Waals surface area contributed by atoms with E-state index in [0.717, 1.165) is 12.8 Å². The van der Waals surface area contributed by atoms with Gasteiger partial charge in [-0.15, -0.1) is 0 Å². The maximum absolute atomic E-state index is 12.6. The summed E-state index contributed by atoms with van der Waals surface area (Å²) in [5, 5.41) is 3.13. The molecule has 8 heteroatoms. The lowest BCUT2D eigenvalue weighted by Gasteiger charge is -2.33. The molecule has 2 aliphatic heterocycles. The second-order valence-electron chi connectivity index (χ2n) is 7.29.